The van der Waals surface area contributed by atoms with E-state index < -0.39 is 0 Å². The van der Waals surface area contributed by atoms with Crippen molar-refractivity contribution >= 4 is 0 Å². The van der Waals surface area contributed by atoms with E-state index in [2.05, 4.69) is 11.0 Å². The van der Waals surface area contributed by atoms with E-state index in [4.69, 9.17) is 9.15 Å². The molecule has 3 heteroatoms. The van der Waals surface area contributed by atoms with Crippen LogP contribution in [0.2, 0.25) is 0 Å². The van der Waals surface area contributed by atoms with Gasteiger partial charge < -0.3 is 9.15 Å². The molecular formula is C14H21NO2. The molecule has 17 heavy (non-hydrogen) atoms. The first kappa shape index (κ1) is 11.3. The van der Waals surface area contributed by atoms with Gasteiger partial charge in [0, 0.05) is 37.7 Å². The van der Waals surface area contributed by atoms with E-state index in [1.165, 1.54) is 37.9 Å². The minimum atomic E-state index is 0.443. The van der Waals surface area contributed by atoms with E-state index in [9.17, 15) is 0 Å². The molecular weight excluding hydrogens is 214 g/mol. The lowest BCUT2D eigenvalue weighted by atomic mass is 9.82. The maximum atomic E-state index is 5.47. The standard InChI is InChI=1S/C14H21NO2/c1-16-11-14-5-2-3-13(14)8-15(10-14)7-12-4-6-17-9-12/h4,6,9,13H,2-3,5,7-8,10-11H2,1H3/t13-,14+/m0/s1. The molecule has 1 aliphatic carbocycles. The highest BCUT2D eigenvalue weighted by molar-refractivity contribution is 5.08. The van der Waals surface area contributed by atoms with Gasteiger partial charge in [-0.3, -0.25) is 4.90 Å². The predicted octanol–water partition coefficient (Wildman–Crippen LogP) is 2.53. The second kappa shape index (κ2) is 4.46. The van der Waals surface area contributed by atoms with Crippen LogP contribution in [0.25, 0.3) is 0 Å². The fourth-order valence-electron chi connectivity index (χ4n) is 3.81. The summed E-state index contributed by atoms with van der Waals surface area (Å²) >= 11 is 0. The van der Waals surface area contributed by atoms with Crippen LogP contribution in [0.4, 0.5) is 0 Å². The molecule has 0 spiro atoms. The Labute approximate surface area is 103 Å². The average molecular weight is 235 g/mol. The topological polar surface area (TPSA) is 25.6 Å². The van der Waals surface area contributed by atoms with Crippen LogP contribution in [-0.2, 0) is 11.3 Å². The molecule has 2 heterocycles. The molecule has 1 aromatic rings. The van der Waals surface area contributed by atoms with Crippen molar-refractivity contribution < 1.29 is 9.15 Å². The quantitative estimate of drug-likeness (QED) is 0.802. The molecule has 2 atom stereocenters. The van der Waals surface area contributed by atoms with Crippen molar-refractivity contribution in [3.8, 4) is 0 Å². The van der Waals surface area contributed by atoms with Crippen molar-refractivity contribution in [1.29, 1.82) is 0 Å². The first-order chi connectivity index (χ1) is 8.32. The van der Waals surface area contributed by atoms with Gasteiger partial charge in [0.2, 0.25) is 0 Å². The fourth-order valence-corrected chi connectivity index (χ4v) is 3.81. The number of rotatable bonds is 4. The van der Waals surface area contributed by atoms with Crippen molar-refractivity contribution in [2.24, 2.45) is 11.3 Å². The molecule has 1 aliphatic heterocycles. The van der Waals surface area contributed by atoms with Crippen LogP contribution < -0.4 is 0 Å². The molecule has 0 N–H and O–H groups in total. The lowest BCUT2D eigenvalue weighted by molar-refractivity contribution is 0.0699. The molecule has 3 rings (SSSR count). The first-order valence-electron chi connectivity index (χ1n) is 6.55. The third kappa shape index (κ3) is 2.02. The number of methoxy groups -OCH3 is 1. The zero-order valence-electron chi connectivity index (χ0n) is 10.5. The Morgan fingerprint density at radius 1 is 1.59 bits per heavy atom. The molecule has 0 amide bonds. The molecule has 3 nitrogen and oxygen atoms in total. The second-order valence-electron chi connectivity index (χ2n) is 5.69. The van der Waals surface area contributed by atoms with Crippen molar-refractivity contribution in [2.45, 2.75) is 25.8 Å². The molecule has 2 fully saturated rings. The van der Waals surface area contributed by atoms with Gasteiger partial charge in [0.05, 0.1) is 19.1 Å². The van der Waals surface area contributed by atoms with Crippen molar-refractivity contribution in [1.82, 2.24) is 4.90 Å². The molecule has 1 saturated carbocycles. The SMILES string of the molecule is COC[C@]12CCC[C@H]1CN(Cc1ccoc1)C2. The number of ether oxygens (including phenoxy) is 1. The van der Waals surface area contributed by atoms with Gasteiger partial charge in [-0.2, -0.15) is 0 Å². The summed E-state index contributed by atoms with van der Waals surface area (Å²) in [4.78, 5) is 2.56. The van der Waals surface area contributed by atoms with Crippen LogP contribution in [0, 0.1) is 11.3 Å². The number of likely N-dealkylation sites (tertiary alicyclic amines) is 1. The molecule has 1 saturated heterocycles. The van der Waals surface area contributed by atoms with Gasteiger partial charge in [0.1, 0.15) is 0 Å². The summed E-state index contributed by atoms with van der Waals surface area (Å²) in [5.41, 5.74) is 1.73. The Hall–Kier alpha value is -0.800. The van der Waals surface area contributed by atoms with E-state index in [1.807, 2.05) is 13.4 Å². The molecule has 2 aliphatic rings. The smallest absolute Gasteiger partial charge is 0.0947 e. The number of furan rings is 1. The van der Waals surface area contributed by atoms with Crippen LogP contribution in [0.1, 0.15) is 24.8 Å². The van der Waals surface area contributed by atoms with Crippen LogP contribution >= 0.6 is 0 Å². The molecule has 94 valence electrons. The molecule has 0 unspecified atom stereocenters. The van der Waals surface area contributed by atoms with Crippen molar-refractivity contribution in [3.05, 3.63) is 24.2 Å². The van der Waals surface area contributed by atoms with Gasteiger partial charge in [-0.05, 0) is 24.8 Å². The monoisotopic (exact) mass is 235 g/mol. The maximum Gasteiger partial charge on any atom is 0.0947 e. The summed E-state index contributed by atoms with van der Waals surface area (Å²) in [7, 11) is 1.84. The zero-order valence-corrected chi connectivity index (χ0v) is 10.5. The summed E-state index contributed by atoms with van der Waals surface area (Å²) < 4.78 is 10.6. The Bertz CT molecular complexity index is 362. The summed E-state index contributed by atoms with van der Waals surface area (Å²) in [5.74, 6) is 0.842. The van der Waals surface area contributed by atoms with E-state index in [0.717, 1.165) is 19.1 Å². The maximum absolute atomic E-state index is 5.47. The van der Waals surface area contributed by atoms with Crippen molar-refractivity contribution in [3.63, 3.8) is 0 Å². The van der Waals surface area contributed by atoms with Crippen LogP contribution in [0.15, 0.2) is 23.0 Å². The Morgan fingerprint density at radius 2 is 2.53 bits per heavy atom. The lowest BCUT2D eigenvalue weighted by Gasteiger charge is -2.27. The van der Waals surface area contributed by atoms with Gasteiger partial charge >= 0.3 is 0 Å². The Kier molecular flexibility index (Phi) is 2.97. The van der Waals surface area contributed by atoms with E-state index in [-0.39, 0.29) is 0 Å². The van der Waals surface area contributed by atoms with Gasteiger partial charge in [-0.25, -0.2) is 0 Å². The number of hydrogen-bond acceptors (Lipinski definition) is 3. The Balaban J connectivity index is 1.67. The Morgan fingerprint density at radius 3 is 3.29 bits per heavy atom. The minimum Gasteiger partial charge on any atom is -0.472 e. The summed E-state index contributed by atoms with van der Waals surface area (Å²) in [6, 6.07) is 2.07. The average Bonchev–Trinajstić information content (AvgIpc) is 2.94. The highest BCUT2D eigenvalue weighted by Crippen LogP contribution is 2.49. The summed E-state index contributed by atoms with van der Waals surface area (Å²) in [5, 5.41) is 0. The largest absolute Gasteiger partial charge is 0.472 e. The lowest BCUT2D eigenvalue weighted by Crippen LogP contribution is -2.31. The molecule has 1 aromatic heterocycles. The van der Waals surface area contributed by atoms with E-state index in [0.29, 0.717) is 5.41 Å². The van der Waals surface area contributed by atoms with E-state index in [1.54, 1.807) is 6.26 Å². The first-order valence-corrected chi connectivity index (χ1v) is 6.55. The fraction of sp³-hybridized carbons (Fsp3) is 0.714. The van der Waals surface area contributed by atoms with E-state index >= 15 is 0 Å². The number of hydrogen-bond donors (Lipinski definition) is 0. The number of fused-ring (bicyclic) bond motifs is 1. The van der Waals surface area contributed by atoms with Crippen LogP contribution in [0.5, 0.6) is 0 Å². The minimum absolute atomic E-state index is 0.443. The van der Waals surface area contributed by atoms with Gasteiger partial charge in [0.25, 0.3) is 0 Å². The summed E-state index contributed by atoms with van der Waals surface area (Å²) in [6.45, 7) is 4.38. The van der Waals surface area contributed by atoms with Gasteiger partial charge in [-0.1, -0.05) is 6.42 Å². The normalized spacial score (nSPS) is 33.1. The van der Waals surface area contributed by atoms with Gasteiger partial charge in [-0.15, -0.1) is 0 Å². The number of nitrogens with zero attached hydrogens (tertiary/aromatic N) is 1. The van der Waals surface area contributed by atoms with Crippen LogP contribution in [-0.4, -0.2) is 31.7 Å². The summed E-state index contributed by atoms with van der Waals surface area (Å²) in [6.07, 6.45) is 7.72. The zero-order chi connectivity index (χ0) is 11.7. The van der Waals surface area contributed by atoms with Gasteiger partial charge in [0.15, 0.2) is 0 Å². The molecule has 0 radical (unpaired) electrons. The molecule has 0 aromatic carbocycles. The predicted molar refractivity (Wildman–Crippen MR) is 65.6 cm³/mol. The van der Waals surface area contributed by atoms with Crippen molar-refractivity contribution in [2.75, 3.05) is 26.8 Å². The third-order valence-corrected chi connectivity index (χ3v) is 4.53. The second-order valence-corrected chi connectivity index (χ2v) is 5.69. The molecule has 0 bridgehead atoms. The highest BCUT2D eigenvalue weighted by Gasteiger charge is 2.49. The third-order valence-electron chi connectivity index (χ3n) is 4.53. The van der Waals surface area contributed by atoms with Crippen LogP contribution in [0.3, 0.4) is 0 Å². The highest BCUT2D eigenvalue weighted by atomic mass is 16.5.